The summed E-state index contributed by atoms with van der Waals surface area (Å²) in [5, 5.41) is 21.3. The molecule has 3 N–H and O–H groups in total. The highest BCUT2D eigenvalue weighted by molar-refractivity contribution is 7.89. The minimum absolute atomic E-state index is 0.0344. The van der Waals surface area contributed by atoms with Gasteiger partial charge in [0.1, 0.15) is 16.4 Å². The molecule has 0 aliphatic carbocycles. The lowest BCUT2D eigenvalue weighted by atomic mass is 9.93. The number of aliphatic hydroxyl groups is 1. The average molecular weight is 535 g/mol. The third kappa shape index (κ3) is 4.79. The quantitative estimate of drug-likeness (QED) is 0.423. The van der Waals surface area contributed by atoms with Crippen LogP contribution in [0.5, 0.6) is 5.75 Å². The Hall–Kier alpha value is -3.49. The molecule has 0 bridgehead atoms. The Labute approximate surface area is 212 Å². The van der Waals surface area contributed by atoms with Gasteiger partial charge in [-0.1, -0.05) is 0 Å². The molecule has 3 atom stereocenters. The number of rotatable bonds is 4. The van der Waals surface area contributed by atoms with E-state index in [2.05, 4.69) is 20.2 Å². The van der Waals surface area contributed by atoms with Crippen molar-refractivity contribution in [2.75, 3.05) is 25.0 Å². The first-order valence-electron chi connectivity index (χ1n) is 11.7. The van der Waals surface area contributed by atoms with Gasteiger partial charge in [-0.3, -0.25) is 4.79 Å². The van der Waals surface area contributed by atoms with E-state index >= 15 is 0 Å². The van der Waals surface area contributed by atoms with Crippen LogP contribution in [-0.2, 0) is 17.1 Å². The van der Waals surface area contributed by atoms with Gasteiger partial charge in [0.25, 0.3) is 0 Å². The summed E-state index contributed by atoms with van der Waals surface area (Å²) in [5.41, 5.74) is 1.06. The number of aryl methyl sites for hydroxylation is 3. The summed E-state index contributed by atoms with van der Waals surface area (Å²) in [6.45, 7) is 3.81. The number of fused-ring (bicyclic) bond motifs is 2. The van der Waals surface area contributed by atoms with Crippen LogP contribution in [0.1, 0.15) is 40.5 Å². The minimum atomic E-state index is -4.08. The van der Waals surface area contributed by atoms with Crippen molar-refractivity contribution in [1.82, 2.24) is 24.4 Å². The summed E-state index contributed by atoms with van der Waals surface area (Å²) in [6.07, 6.45) is 0.502. The van der Waals surface area contributed by atoms with Crippen molar-refractivity contribution in [3.8, 4) is 5.75 Å². The van der Waals surface area contributed by atoms with Crippen LogP contribution in [0.4, 0.5) is 10.1 Å². The van der Waals surface area contributed by atoms with Gasteiger partial charge in [-0.2, -0.15) is 0 Å². The van der Waals surface area contributed by atoms with Crippen molar-refractivity contribution in [3.63, 3.8) is 0 Å². The van der Waals surface area contributed by atoms with Gasteiger partial charge in [0, 0.05) is 50.9 Å². The Kier molecular flexibility index (Phi) is 6.41. The van der Waals surface area contributed by atoms with Crippen LogP contribution in [0.2, 0.25) is 0 Å². The monoisotopic (exact) mass is 534 g/mol. The fourth-order valence-corrected chi connectivity index (χ4v) is 6.19. The van der Waals surface area contributed by atoms with Crippen LogP contribution < -0.4 is 14.8 Å². The van der Waals surface area contributed by atoms with Gasteiger partial charge >= 0.3 is 11.8 Å². The van der Waals surface area contributed by atoms with Crippen molar-refractivity contribution in [3.05, 3.63) is 53.3 Å². The molecular formula is C23H27FN6O6S. The second-order valence-corrected chi connectivity index (χ2v) is 11.0. The zero-order chi connectivity index (χ0) is 26.5. The lowest BCUT2D eigenvalue weighted by molar-refractivity contribution is 0.0560. The lowest BCUT2D eigenvalue weighted by Crippen LogP contribution is -2.56. The molecule has 3 aromatic rings. The zero-order valence-corrected chi connectivity index (χ0v) is 21.2. The average Bonchev–Trinajstić information content (AvgIpc) is 3.42. The standard InChI is InChI=1S/C23H27FN6O6S/c1-12-8-15(4-5-16(12)24)25-21(31)19-20-18(10-29(19)3)37(33,34)28-17-9-30(7-6-14(17)11-35-20)23(32)22-27-26-13(2)36-22/h4-5,8,10,14,17,21,25,28,31H,6-7,9,11H2,1-3H3. The maximum atomic E-state index is 13.6. The number of benzene rings is 1. The number of hydrogen-bond acceptors (Lipinski definition) is 9. The zero-order valence-electron chi connectivity index (χ0n) is 20.4. The van der Waals surface area contributed by atoms with Gasteiger partial charge in [0.05, 0.1) is 6.61 Å². The van der Waals surface area contributed by atoms with Gasteiger partial charge in [0.15, 0.2) is 12.0 Å². The van der Waals surface area contributed by atoms with Crippen molar-refractivity contribution in [1.29, 1.82) is 0 Å². The summed E-state index contributed by atoms with van der Waals surface area (Å²) >= 11 is 0. The number of sulfonamides is 1. The van der Waals surface area contributed by atoms with Crippen molar-refractivity contribution >= 4 is 21.6 Å². The topological polar surface area (TPSA) is 152 Å². The molecular weight excluding hydrogens is 507 g/mol. The van der Waals surface area contributed by atoms with Gasteiger partial charge in [-0.15, -0.1) is 10.2 Å². The van der Waals surface area contributed by atoms with Crippen molar-refractivity contribution < 1.29 is 31.9 Å². The Morgan fingerprint density at radius 3 is 2.81 bits per heavy atom. The maximum absolute atomic E-state index is 13.6. The Balaban J connectivity index is 1.39. The van der Waals surface area contributed by atoms with E-state index in [0.717, 1.165) is 0 Å². The van der Waals surface area contributed by atoms with Crippen LogP contribution in [0.25, 0.3) is 0 Å². The van der Waals surface area contributed by atoms with E-state index in [-0.39, 0.29) is 53.0 Å². The number of halogens is 1. The van der Waals surface area contributed by atoms with E-state index in [9.17, 15) is 22.7 Å². The number of piperidine rings is 1. The summed E-state index contributed by atoms with van der Waals surface area (Å²) < 4.78 is 55.9. The van der Waals surface area contributed by atoms with E-state index in [4.69, 9.17) is 9.15 Å². The first-order chi connectivity index (χ1) is 17.5. The number of nitrogens with zero attached hydrogens (tertiary/aromatic N) is 4. The summed E-state index contributed by atoms with van der Waals surface area (Å²) in [5.74, 6) is -0.916. The van der Waals surface area contributed by atoms with E-state index in [1.165, 1.54) is 27.8 Å². The minimum Gasteiger partial charge on any atom is -0.490 e. The number of ether oxygens (including phenoxy) is 1. The summed E-state index contributed by atoms with van der Waals surface area (Å²) in [7, 11) is -2.48. The number of carbonyl (C=O) groups is 1. The first kappa shape index (κ1) is 25.2. The predicted molar refractivity (Wildman–Crippen MR) is 128 cm³/mol. The SMILES string of the molecule is Cc1nnc(C(=O)N2CCC3COc4c(cn(C)c4C(O)Nc4ccc(F)c(C)c4)S(=O)(=O)NC3C2)o1. The molecule has 1 amide bonds. The molecule has 14 heteroatoms. The molecule has 2 aromatic heterocycles. The number of amides is 1. The Bertz CT molecular complexity index is 1450. The van der Waals surface area contributed by atoms with E-state index in [0.29, 0.717) is 24.2 Å². The van der Waals surface area contributed by atoms with E-state index in [1.54, 1.807) is 27.0 Å². The highest BCUT2D eigenvalue weighted by Gasteiger charge is 2.40. The molecule has 2 aliphatic heterocycles. The van der Waals surface area contributed by atoms with Crippen molar-refractivity contribution in [2.45, 2.75) is 37.4 Å². The molecule has 0 radical (unpaired) electrons. The Morgan fingerprint density at radius 2 is 2.11 bits per heavy atom. The van der Waals surface area contributed by atoms with Gasteiger partial charge in [-0.05, 0) is 37.1 Å². The molecule has 1 fully saturated rings. The number of likely N-dealkylation sites (tertiary alicyclic amines) is 1. The third-order valence-electron chi connectivity index (χ3n) is 6.66. The predicted octanol–water partition coefficient (Wildman–Crippen LogP) is 1.47. The van der Waals surface area contributed by atoms with Gasteiger partial charge < -0.3 is 29.0 Å². The third-order valence-corrected chi connectivity index (χ3v) is 8.14. The lowest BCUT2D eigenvalue weighted by Gasteiger charge is -2.39. The molecule has 1 saturated heterocycles. The van der Waals surface area contributed by atoms with Crippen LogP contribution >= 0.6 is 0 Å². The fraction of sp³-hybridized carbons (Fsp3) is 0.435. The molecule has 0 saturated carbocycles. The number of nitrogens with one attached hydrogen (secondary N) is 2. The number of aromatic nitrogens is 3. The van der Waals surface area contributed by atoms with Crippen molar-refractivity contribution in [2.24, 2.45) is 13.0 Å². The molecule has 198 valence electrons. The van der Waals surface area contributed by atoms with E-state index in [1.807, 2.05) is 0 Å². The highest BCUT2D eigenvalue weighted by Crippen LogP contribution is 2.37. The maximum Gasteiger partial charge on any atom is 0.311 e. The van der Waals surface area contributed by atoms with Gasteiger partial charge in [-0.25, -0.2) is 17.5 Å². The van der Waals surface area contributed by atoms with Gasteiger partial charge in [0.2, 0.25) is 15.9 Å². The molecule has 1 aromatic carbocycles. The largest absolute Gasteiger partial charge is 0.490 e. The molecule has 4 heterocycles. The number of aliphatic hydroxyl groups excluding tert-OH is 1. The summed E-state index contributed by atoms with van der Waals surface area (Å²) in [4.78, 5) is 14.1. The Morgan fingerprint density at radius 1 is 1.32 bits per heavy atom. The van der Waals surface area contributed by atoms with Crippen LogP contribution in [-0.4, -0.2) is 64.8 Å². The van der Waals surface area contributed by atoms with Crippen LogP contribution in [0.3, 0.4) is 0 Å². The number of carbonyl (C=O) groups excluding carboxylic acids is 1. The fourth-order valence-electron chi connectivity index (χ4n) is 4.69. The van der Waals surface area contributed by atoms with E-state index < -0.39 is 28.2 Å². The molecule has 12 nitrogen and oxygen atoms in total. The van der Waals surface area contributed by atoms with Crippen LogP contribution in [0, 0.1) is 25.6 Å². The normalized spacial score (nSPS) is 21.7. The number of hydrogen-bond donors (Lipinski definition) is 3. The summed E-state index contributed by atoms with van der Waals surface area (Å²) in [6, 6.07) is 3.70. The molecule has 2 aliphatic rings. The number of anilines is 1. The second kappa shape index (κ2) is 9.43. The molecule has 37 heavy (non-hydrogen) atoms. The molecule has 0 spiro atoms. The van der Waals surface area contributed by atoms with Crippen LogP contribution in [0.15, 0.2) is 33.7 Å². The molecule has 5 rings (SSSR count). The highest BCUT2D eigenvalue weighted by atomic mass is 32.2. The smallest absolute Gasteiger partial charge is 0.311 e. The molecule has 3 unspecified atom stereocenters. The second-order valence-electron chi connectivity index (χ2n) is 9.29. The first-order valence-corrected chi connectivity index (χ1v) is 13.2.